The Morgan fingerprint density at radius 1 is 1.21 bits per heavy atom. The van der Waals surface area contributed by atoms with Gasteiger partial charge in [0.2, 0.25) is 0 Å². The number of nitrogens with zero attached hydrogens (tertiary/aromatic N) is 1. The molecule has 19 heavy (non-hydrogen) atoms. The van der Waals surface area contributed by atoms with Gasteiger partial charge in [0.15, 0.2) is 0 Å². The fraction of sp³-hybridized carbons (Fsp3) is 0.647. The third-order valence-electron chi connectivity index (χ3n) is 5.27. The molecule has 0 spiro atoms. The molecule has 1 N–H and O–H groups in total. The van der Waals surface area contributed by atoms with Crippen molar-refractivity contribution in [1.29, 1.82) is 0 Å². The molecule has 1 aromatic rings. The maximum atomic E-state index is 11.3. The van der Waals surface area contributed by atoms with Crippen LogP contribution < -0.4 is 0 Å². The van der Waals surface area contributed by atoms with Gasteiger partial charge in [-0.05, 0) is 31.4 Å². The maximum Gasteiger partial charge on any atom is 0.0951 e. The van der Waals surface area contributed by atoms with Gasteiger partial charge in [-0.15, -0.1) is 0 Å². The number of hydrogen-bond acceptors (Lipinski definition) is 2. The number of fused-ring (bicyclic) bond motifs is 1. The highest BCUT2D eigenvalue weighted by Crippen LogP contribution is 2.46. The summed E-state index contributed by atoms with van der Waals surface area (Å²) in [6, 6.07) is 10.9. The molecule has 2 fully saturated rings. The molecule has 1 saturated heterocycles. The van der Waals surface area contributed by atoms with Crippen molar-refractivity contribution < 1.29 is 5.11 Å². The van der Waals surface area contributed by atoms with Crippen molar-refractivity contribution in [2.24, 2.45) is 5.92 Å². The lowest BCUT2D eigenvalue weighted by Crippen LogP contribution is -2.57. The topological polar surface area (TPSA) is 23.5 Å². The Hall–Kier alpha value is -0.860. The molecule has 0 radical (unpaired) electrons. The van der Waals surface area contributed by atoms with Crippen LogP contribution in [0.4, 0.5) is 0 Å². The van der Waals surface area contributed by atoms with Gasteiger partial charge in [0, 0.05) is 18.5 Å². The van der Waals surface area contributed by atoms with E-state index >= 15 is 0 Å². The highest BCUT2D eigenvalue weighted by Gasteiger charge is 2.48. The quantitative estimate of drug-likeness (QED) is 0.882. The Balaban J connectivity index is 1.93. The fourth-order valence-corrected chi connectivity index (χ4v) is 4.25. The molecule has 1 saturated carbocycles. The van der Waals surface area contributed by atoms with Crippen molar-refractivity contribution >= 4 is 0 Å². The molecular formula is C17H25NO. The van der Waals surface area contributed by atoms with Crippen LogP contribution in [0.1, 0.15) is 44.6 Å². The third kappa shape index (κ3) is 2.21. The number of rotatable bonds is 2. The Morgan fingerprint density at radius 3 is 2.68 bits per heavy atom. The Kier molecular flexibility index (Phi) is 3.64. The van der Waals surface area contributed by atoms with Gasteiger partial charge in [-0.3, -0.25) is 0 Å². The minimum Gasteiger partial charge on any atom is -0.385 e. The largest absolute Gasteiger partial charge is 0.385 e. The van der Waals surface area contributed by atoms with Crippen molar-refractivity contribution in [3.63, 3.8) is 0 Å². The highest BCUT2D eigenvalue weighted by atomic mass is 16.3. The lowest BCUT2D eigenvalue weighted by atomic mass is 9.66. The average molecular weight is 259 g/mol. The van der Waals surface area contributed by atoms with E-state index < -0.39 is 5.60 Å². The normalized spacial score (nSPS) is 35.9. The van der Waals surface area contributed by atoms with E-state index in [9.17, 15) is 5.11 Å². The second-order valence-corrected chi connectivity index (χ2v) is 6.13. The zero-order valence-corrected chi connectivity index (χ0v) is 11.9. The first kappa shape index (κ1) is 13.1. The summed E-state index contributed by atoms with van der Waals surface area (Å²) < 4.78 is 0. The average Bonchev–Trinajstić information content (AvgIpc) is 2.49. The standard InChI is InChI=1S/C17H25NO/c1-2-18-13-12-17(19,14-8-4-3-5-9-14)15-10-6-7-11-16(15)18/h3-5,8-9,15-16,19H,2,6-7,10-13H2,1H3. The zero-order chi connectivity index (χ0) is 13.3. The first-order valence-corrected chi connectivity index (χ1v) is 7.77. The third-order valence-corrected chi connectivity index (χ3v) is 5.27. The van der Waals surface area contributed by atoms with Crippen molar-refractivity contribution in [1.82, 2.24) is 4.90 Å². The molecule has 0 bridgehead atoms. The number of piperidine rings is 1. The van der Waals surface area contributed by atoms with E-state index in [-0.39, 0.29) is 0 Å². The molecule has 0 amide bonds. The van der Waals surface area contributed by atoms with E-state index in [0.717, 1.165) is 25.1 Å². The highest BCUT2D eigenvalue weighted by molar-refractivity contribution is 5.25. The van der Waals surface area contributed by atoms with Crippen molar-refractivity contribution in [3.8, 4) is 0 Å². The number of likely N-dealkylation sites (tertiary alicyclic amines) is 1. The molecule has 1 heterocycles. The Morgan fingerprint density at radius 2 is 1.95 bits per heavy atom. The van der Waals surface area contributed by atoms with Gasteiger partial charge < -0.3 is 10.0 Å². The first-order chi connectivity index (χ1) is 9.25. The minimum atomic E-state index is -0.599. The molecule has 2 nitrogen and oxygen atoms in total. The Labute approximate surface area is 116 Å². The molecule has 104 valence electrons. The van der Waals surface area contributed by atoms with Crippen LogP contribution in [0, 0.1) is 5.92 Å². The van der Waals surface area contributed by atoms with E-state index in [1.807, 2.05) is 6.07 Å². The van der Waals surface area contributed by atoms with Crippen LogP contribution in [0.25, 0.3) is 0 Å². The molecule has 1 aromatic carbocycles. The predicted molar refractivity (Wildman–Crippen MR) is 77.9 cm³/mol. The summed E-state index contributed by atoms with van der Waals surface area (Å²) >= 11 is 0. The van der Waals surface area contributed by atoms with Crippen LogP contribution in [0.5, 0.6) is 0 Å². The van der Waals surface area contributed by atoms with E-state index in [2.05, 4.69) is 36.1 Å². The lowest BCUT2D eigenvalue weighted by molar-refractivity contribution is -0.119. The molecule has 2 heteroatoms. The number of benzene rings is 1. The second-order valence-electron chi connectivity index (χ2n) is 6.13. The fourth-order valence-electron chi connectivity index (χ4n) is 4.25. The van der Waals surface area contributed by atoms with Gasteiger partial charge >= 0.3 is 0 Å². The molecular weight excluding hydrogens is 234 g/mol. The zero-order valence-electron chi connectivity index (χ0n) is 11.9. The Bertz CT molecular complexity index is 419. The number of aliphatic hydroxyl groups is 1. The van der Waals surface area contributed by atoms with Crippen LogP contribution in [0.3, 0.4) is 0 Å². The molecule has 0 aromatic heterocycles. The van der Waals surface area contributed by atoms with Crippen molar-refractivity contribution in [2.45, 2.75) is 50.7 Å². The van der Waals surface area contributed by atoms with Gasteiger partial charge in [0.1, 0.15) is 0 Å². The second kappa shape index (κ2) is 5.26. The van der Waals surface area contributed by atoms with Gasteiger partial charge in [0.25, 0.3) is 0 Å². The summed E-state index contributed by atoms with van der Waals surface area (Å²) in [5.74, 6) is 0.414. The summed E-state index contributed by atoms with van der Waals surface area (Å²) in [6.07, 6.45) is 5.91. The van der Waals surface area contributed by atoms with Crippen LogP contribution in [0.15, 0.2) is 30.3 Å². The smallest absolute Gasteiger partial charge is 0.0951 e. The predicted octanol–water partition coefficient (Wildman–Crippen LogP) is 3.16. The van der Waals surface area contributed by atoms with Crippen molar-refractivity contribution in [3.05, 3.63) is 35.9 Å². The van der Waals surface area contributed by atoms with E-state index in [0.29, 0.717) is 12.0 Å². The summed E-state index contributed by atoms with van der Waals surface area (Å²) in [5.41, 5.74) is 0.528. The SMILES string of the molecule is CCN1CCC(O)(c2ccccc2)C2CCCCC21. The summed E-state index contributed by atoms with van der Waals surface area (Å²) in [5, 5.41) is 11.3. The van der Waals surface area contributed by atoms with Gasteiger partial charge in [0.05, 0.1) is 5.60 Å². The van der Waals surface area contributed by atoms with Gasteiger partial charge in [-0.2, -0.15) is 0 Å². The summed E-state index contributed by atoms with van der Waals surface area (Å²) in [4.78, 5) is 2.58. The van der Waals surface area contributed by atoms with Crippen LogP contribution in [-0.2, 0) is 5.60 Å². The molecule has 2 aliphatic rings. The maximum absolute atomic E-state index is 11.3. The summed E-state index contributed by atoms with van der Waals surface area (Å²) in [6.45, 7) is 4.40. The van der Waals surface area contributed by atoms with Gasteiger partial charge in [-0.25, -0.2) is 0 Å². The molecule has 3 rings (SSSR count). The first-order valence-electron chi connectivity index (χ1n) is 7.77. The van der Waals surface area contributed by atoms with E-state index in [4.69, 9.17) is 0 Å². The van der Waals surface area contributed by atoms with Crippen molar-refractivity contribution in [2.75, 3.05) is 13.1 Å². The molecule has 3 unspecified atom stereocenters. The van der Waals surface area contributed by atoms with Crippen LogP contribution in [-0.4, -0.2) is 29.1 Å². The minimum absolute atomic E-state index is 0.414. The van der Waals surface area contributed by atoms with Gasteiger partial charge in [-0.1, -0.05) is 50.1 Å². The molecule has 1 aliphatic heterocycles. The molecule has 3 atom stereocenters. The van der Waals surface area contributed by atoms with Crippen LogP contribution in [0.2, 0.25) is 0 Å². The van der Waals surface area contributed by atoms with E-state index in [1.54, 1.807) is 0 Å². The van der Waals surface area contributed by atoms with E-state index in [1.165, 1.54) is 25.7 Å². The monoisotopic (exact) mass is 259 g/mol. The molecule has 1 aliphatic carbocycles. The number of hydrogen-bond donors (Lipinski definition) is 1. The van der Waals surface area contributed by atoms with Crippen LogP contribution >= 0.6 is 0 Å². The lowest BCUT2D eigenvalue weighted by Gasteiger charge is -2.52. The summed E-state index contributed by atoms with van der Waals surface area (Å²) in [7, 11) is 0.